The van der Waals surface area contributed by atoms with Gasteiger partial charge < -0.3 is 10.2 Å². The van der Waals surface area contributed by atoms with Crippen molar-refractivity contribution in [3.63, 3.8) is 0 Å². The molecule has 1 aromatic carbocycles. The smallest absolute Gasteiger partial charge is 0.211 e. The lowest BCUT2D eigenvalue weighted by atomic mass is 10.2. The van der Waals surface area contributed by atoms with Gasteiger partial charge in [0.1, 0.15) is 0 Å². The first-order chi connectivity index (χ1) is 11.3. The highest BCUT2D eigenvalue weighted by molar-refractivity contribution is 14.0. The molecule has 0 atom stereocenters. The first-order valence-corrected chi connectivity index (χ1v) is 10.1. The molecule has 1 N–H and O–H groups in total. The third-order valence-corrected chi connectivity index (χ3v) is 5.23. The third kappa shape index (κ3) is 9.07. The molecule has 6 nitrogen and oxygen atoms in total. The average molecular weight is 503 g/mol. The molecule has 1 rings (SSSR count). The Morgan fingerprint density at radius 1 is 1.28 bits per heavy atom. The number of hydrogen-bond donors (Lipinski definition) is 1. The van der Waals surface area contributed by atoms with Crippen molar-refractivity contribution in [1.29, 1.82) is 0 Å². The Bertz CT molecular complexity index is 638. The topological polar surface area (TPSA) is 65.0 Å². The molecule has 0 saturated heterocycles. The van der Waals surface area contributed by atoms with Crippen molar-refractivity contribution < 1.29 is 8.42 Å². The van der Waals surface area contributed by atoms with Crippen LogP contribution in [0.2, 0.25) is 5.02 Å². The summed E-state index contributed by atoms with van der Waals surface area (Å²) in [5, 5.41) is 3.98. The van der Waals surface area contributed by atoms with Gasteiger partial charge in [0.25, 0.3) is 0 Å². The van der Waals surface area contributed by atoms with Crippen LogP contribution in [0.1, 0.15) is 18.9 Å². The second-order valence-corrected chi connectivity index (χ2v) is 7.98. The van der Waals surface area contributed by atoms with Crippen molar-refractivity contribution in [1.82, 2.24) is 14.5 Å². The van der Waals surface area contributed by atoms with Crippen molar-refractivity contribution in [2.75, 3.05) is 40.0 Å². The number of guanidine groups is 1. The minimum absolute atomic E-state index is 0. The Labute approximate surface area is 173 Å². The highest BCUT2D eigenvalue weighted by Gasteiger charge is 2.13. The Hall–Kier alpha value is -0.580. The highest BCUT2D eigenvalue weighted by Crippen LogP contribution is 2.11. The minimum atomic E-state index is -3.13. The number of nitrogens with one attached hydrogen (secondary N) is 1. The van der Waals surface area contributed by atoms with Crippen molar-refractivity contribution in [2.45, 2.75) is 19.9 Å². The Morgan fingerprint density at radius 3 is 2.36 bits per heavy atom. The van der Waals surface area contributed by atoms with E-state index >= 15 is 0 Å². The number of hydrogen-bond acceptors (Lipinski definition) is 3. The quantitative estimate of drug-likeness (QED) is 0.257. The molecule has 0 amide bonds. The molecule has 144 valence electrons. The van der Waals surface area contributed by atoms with E-state index in [1.165, 1.54) is 10.6 Å². The monoisotopic (exact) mass is 502 g/mol. The van der Waals surface area contributed by atoms with Gasteiger partial charge >= 0.3 is 0 Å². The molecule has 0 bridgehead atoms. The molecule has 25 heavy (non-hydrogen) atoms. The first-order valence-electron chi connectivity index (χ1n) is 7.89. The summed E-state index contributed by atoms with van der Waals surface area (Å²) in [6.07, 6.45) is 1.96. The van der Waals surface area contributed by atoms with Gasteiger partial charge in [0.15, 0.2) is 5.96 Å². The van der Waals surface area contributed by atoms with Crippen molar-refractivity contribution in [3.05, 3.63) is 34.9 Å². The lowest BCUT2D eigenvalue weighted by Crippen LogP contribution is -2.40. The van der Waals surface area contributed by atoms with Crippen LogP contribution in [-0.4, -0.2) is 63.6 Å². The van der Waals surface area contributed by atoms with Crippen LogP contribution in [0.25, 0.3) is 0 Å². The number of rotatable bonds is 8. The summed E-state index contributed by atoms with van der Waals surface area (Å²) in [7, 11) is 0.561. The minimum Gasteiger partial charge on any atom is -0.356 e. The van der Waals surface area contributed by atoms with Gasteiger partial charge in [0.05, 0.1) is 6.26 Å². The molecule has 9 heteroatoms. The molecule has 0 aromatic heterocycles. The fourth-order valence-corrected chi connectivity index (χ4v) is 3.39. The number of benzene rings is 1. The van der Waals surface area contributed by atoms with Gasteiger partial charge in [0.2, 0.25) is 10.0 Å². The van der Waals surface area contributed by atoms with E-state index in [1.807, 2.05) is 43.1 Å². The van der Waals surface area contributed by atoms with Gasteiger partial charge in [-0.05, 0) is 24.1 Å². The van der Waals surface area contributed by atoms with E-state index in [0.29, 0.717) is 32.6 Å². The van der Waals surface area contributed by atoms with E-state index in [1.54, 1.807) is 7.05 Å². The van der Waals surface area contributed by atoms with Crippen LogP contribution in [0.5, 0.6) is 0 Å². The summed E-state index contributed by atoms with van der Waals surface area (Å²) >= 11 is 5.90. The second kappa shape index (κ2) is 11.9. The molecular formula is C16H28ClIN4O2S. The normalized spacial score (nSPS) is 12.0. The van der Waals surface area contributed by atoms with Crippen LogP contribution in [0.3, 0.4) is 0 Å². The fraction of sp³-hybridized carbons (Fsp3) is 0.562. The summed E-state index contributed by atoms with van der Waals surface area (Å²) in [4.78, 5) is 6.27. The number of sulfonamides is 1. The summed E-state index contributed by atoms with van der Waals surface area (Å²) in [5.41, 5.74) is 1.14. The van der Waals surface area contributed by atoms with Gasteiger partial charge in [0, 0.05) is 45.3 Å². The van der Waals surface area contributed by atoms with Crippen LogP contribution in [0.15, 0.2) is 29.3 Å². The zero-order valence-corrected chi connectivity index (χ0v) is 19.1. The van der Waals surface area contributed by atoms with Crippen LogP contribution >= 0.6 is 35.6 Å². The summed E-state index contributed by atoms with van der Waals surface area (Å²) in [6.45, 7) is 4.20. The van der Waals surface area contributed by atoms with Gasteiger partial charge in [-0.25, -0.2) is 12.7 Å². The number of halogens is 2. The number of nitrogens with zero attached hydrogens (tertiary/aromatic N) is 3. The molecular weight excluding hydrogens is 475 g/mol. The third-order valence-electron chi connectivity index (χ3n) is 3.60. The zero-order valence-electron chi connectivity index (χ0n) is 15.2. The molecule has 0 unspecified atom stereocenters. The maximum absolute atomic E-state index is 11.5. The van der Waals surface area contributed by atoms with Crippen LogP contribution in [0.4, 0.5) is 0 Å². The molecule has 0 saturated carbocycles. The molecule has 0 spiro atoms. The van der Waals surface area contributed by atoms with Crippen molar-refractivity contribution in [2.24, 2.45) is 4.99 Å². The molecule has 0 aliphatic carbocycles. The molecule has 1 aromatic rings. The summed E-state index contributed by atoms with van der Waals surface area (Å²) in [6, 6.07) is 7.70. The predicted octanol–water partition coefficient (Wildman–Crippen LogP) is 2.64. The lowest BCUT2D eigenvalue weighted by Gasteiger charge is -2.23. The predicted molar refractivity (Wildman–Crippen MR) is 116 cm³/mol. The summed E-state index contributed by atoms with van der Waals surface area (Å²) in [5.74, 6) is 0.771. The Morgan fingerprint density at radius 2 is 1.88 bits per heavy atom. The van der Waals surface area contributed by atoms with Gasteiger partial charge in [-0.3, -0.25) is 4.99 Å². The Kier molecular flexibility index (Phi) is 11.6. The number of aliphatic imine (C=N–C) groups is 1. The molecule has 0 aliphatic rings. The molecule has 0 heterocycles. The lowest BCUT2D eigenvalue weighted by molar-refractivity contribution is 0.419. The van der Waals surface area contributed by atoms with Crippen LogP contribution in [-0.2, 0) is 16.6 Å². The maximum atomic E-state index is 11.5. The van der Waals surface area contributed by atoms with E-state index in [9.17, 15) is 8.42 Å². The van der Waals surface area contributed by atoms with Gasteiger partial charge in [-0.2, -0.15) is 0 Å². The fourth-order valence-electron chi connectivity index (χ4n) is 2.34. The van der Waals surface area contributed by atoms with Crippen LogP contribution in [0, 0.1) is 0 Å². The van der Waals surface area contributed by atoms with Gasteiger partial charge in [-0.15, -0.1) is 24.0 Å². The van der Waals surface area contributed by atoms with E-state index in [-0.39, 0.29) is 24.0 Å². The highest BCUT2D eigenvalue weighted by atomic mass is 127. The van der Waals surface area contributed by atoms with E-state index in [0.717, 1.165) is 16.5 Å². The van der Waals surface area contributed by atoms with Crippen LogP contribution < -0.4 is 5.32 Å². The van der Waals surface area contributed by atoms with E-state index < -0.39 is 10.0 Å². The average Bonchev–Trinajstić information content (AvgIpc) is 2.51. The Balaban J connectivity index is 0.00000576. The van der Waals surface area contributed by atoms with E-state index in [2.05, 4.69) is 10.3 Å². The summed E-state index contributed by atoms with van der Waals surface area (Å²) < 4.78 is 24.6. The van der Waals surface area contributed by atoms with Crippen molar-refractivity contribution in [3.8, 4) is 0 Å². The van der Waals surface area contributed by atoms with Crippen molar-refractivity contribution >= 4 is 51.6 Å². The largest absolute Gasteiger partial charge is 0.356 e. The maximum Gasteiger partial charge on any atom is 0.211 e. The zero-order chi connectivity index (χ0) is 18.2. The van der Waals surface area contributed by atoms with E-state index in [4.69, 9.17) is 11.6 Å². The first kappa shape index (κ1) is 24.4. The SMILES string of the molecule is CCN(CCCNC(=NC)N(C)Cc1ccc(Cl)cc1)S(C)(=O)=O.I. The van der Waals surface area contributed by atoms with Gasteiger partial charge in [-0.1, -0.05) is 30.7 Å². The molecule has 0 aliphatic heterocycles. The standard InChI is InChI=1S/C16H27ClN4O2S.HI/c1-5-21(24(4,22)23)12-6-11-19-16(18-2)20(3)13-14-7-9-15(17)10-8-14;/h7-10H,5-6,11-13H2,1-4H3,(H,18,19);1H. The molecule has 0 fully saturated rings. The second-order valence-electron chi connectivity index (χ2n) is 5.56. The molecule has 0 radical (unpaired) electrons.